The van der Waals surface area contributed by atoms with Gasteiger partial charge >= 0.3 is 6.03 Å². The Hall–Kier alpha value is -4.16. The molecule has 242 valence electrons. The molecule has 0 aromatic heterocycles. The number of rotatable bonds is 11. The van der Waals surface area contributed by atoms with E-state index in [4.69, 9.17) is 0 Å². The minimum absolute atomic E-state index is 0.00612. The zero-order valence-corrected chi connectivity index (χ0v) is 28.5. The van der Waals surface area contributed by atoms with Crippen LogP contribution in [0.1, 0.15) is 69.4 Å². The number of benzene rings is 4. The van der Waals surface area contributed by atoms with Crippen molar-refractivity contribution >= 4 is 28.8 Å². The van der Waals surface area contributed by atoms with Crippen molar-refractivity contribution in [3.05, 3.63) is 142 Å². The van der Waals surface area contributed by atoms with Gasteiger partial charge < -0.3 is 4.90 Å². The molecule has 2 aliphatic rings. The Balaban J connectivity index is 1.41. The Bertz CT molecular complexity index is 1650. The molecule has 1 heterocycles. The van der Waals surface area contributed by atoms with Crippen molar-refractivity contribution in [3.8, 4) is 0 Å². The van der Waals surface area contributed by atoms with Crippen LogP contribution in [0.2, 0.25) is 0 Å². The molecule has 0 N–H and O–H groups in total. The van der Waals surface area contributed by atoms with Gasteiger partial charge in [0.25, 0.3) is 5.91 Å². The lowest BCUT2D eigenvalue weighted by Crippen LogP contribution is -2.56. The normalized spacial score (nSPS) is 17.0. The fourth-order valence-corrected chi connectivity index (χ4v) is 8.89. The summed E-state index contributed by atoms with van der Waals surface area (Å²) in [4.78, 5) is 47.5. The first kappa shape index (κ1) is 32.8. The van der Waals surface area contributed by atoms with Gasteiger partial charge in [-0.25, -0.2) is 4.79 Å². The summed E-state index contributed by atoms with van der Waals surface area (Å²) < 4.78 is 0. The molecule has 47 heavy (non-hydrogen) atoms. The van der Waals surface area contributed by atoms with Gasteiger partial charge in [0.2, 0.25) is 5.12 Å². The molecular weight excluding hydrogens is 601 g/mol. The summed E-state index contributed by atoms with van der Waals surface area (Å²) in [7, 11) is 0. The van der Waals surface area contributed by atoms with E-state index < -0.39 is 11.6 Å². The van der Waals surface area contributed by atoms with E-state index in [-0.39, 0.29) is 23.1 Å². The smallest absolute Gasteiger partial charge is 0.306 e. The number of aryl methyl sites for hydroxylation is 3. The molecule has 1 aliphatic carbocycles. The van der Waals surface area contributed by atoms with E-state index >= 15 is 4.79 Å². The average molecular weight is 645 g/mol. The highest BCUT2D eigenvalue weighted by Crippen LogP contribution is 2.42. The highest BCUT2D eigenvalue weighted by Gasteiger charge is 2.60. The fraction of sp³-hybridized carbons (Fsp3) is 0.341. The van der Waals surface area contributed by atoms with Crippen molar-refractivity contribution in [2.75, 3.05) is 5.75 Å². The molecule has 0 spiro atoms. The molecule has 1 saturated carbocycles. The van der Waals surface area contributed by atoms with Crippen molar-refractivity contribution in [1.29, 1.82) is 0 Å². The lowest BCUT2D eigenvalue weighted by atomic mass is 9.82. The quantitative estimate of drug-likeness (QED) is 0.154. The summed E-state index contributed by atoms with van der Waals surface area (Å²) in [6, 6.07) is 33.6. The van der Waals surface area contributed by atoms with Crippen LogP contribution in [-0.4, -0.2) is 50.2 Å². The molecule has 6 rings (SSSR count). The van der Waals surface area contributed by atoms with Gasteiger partial charge in [0.15, 0.2) is 0 Å². The molecule has 4 aromatic rings. The van der Waals surface area contributed by atoms with Crippen molar-refractivity contribution in [2.45, 2.75) is 83.3 Å². The highest BCUT2D eigenvalue weighted by atomic mass is 32.2. The summed E-state index contributed by atoms with van der Waals surface area (Å²) in [5, 5.41) is -0.0235. The molecule has 1 saturated heterocycles. The fourth-order valence-electron chi connectivity index (χ4n) is 7.81. The summed E-state index contributed by atoms with van der Waals surface area (Å²) in [6.07, 6.45) is 5.22. The van der Waals surface area contributed by atoms with Crippen LogP contribution in [0.25, 0.3) is 0 Å². The average Bonchev–Trinajstić information content (AvgIpc) is 3.65. The Morgan fingerprint density at radius 1 is 0.766 bits per heavy atom. The molecule has 6 heteroatoms. The number of carbonyl (C=O) groups is 3. The number of thioether (sulfide) groups is 1. The number of amides is 3. The van der Waals surface area contributed by atoms with Crippen LogP contribution in [0, 0.1) is 20.8 Å². The Morgan fingerprint density at radius 2 is 1.26 bits per heavy atom. The number of hydrogen-bond acceptors (Lipinski definition) is 4. The summed E-state index contributed by atoms with van der Waals surface area (Å²) in [5.74, 6) is 0.169. The van der Waals surface area contributed by atoms with Crippen molar-refractivity contribution in [2.24, 2.45) is 0 Å². The minimum atomic E-state index is -1.07. The van der Waals surface area contributed by atoms with Crippen molar-refractivity contribution in [1.82, 2.24) is 9.80 Å². The van der Waals surface area contributed by atoms with E-state index in [0.717, 1.165) is 59.1 Å². The monoisotopic (exact) mass is 644 g/mol. The Kier molecular flexibility index (Phi) is 9.97. The van der Waals surface area contributed by atoms with Crippen LogP contribution in [-0.2, 0) is 24.1 Å². The van der Waals surface area contributed by atoms with Crippen molar-refractivity contribution in [3.63, 3.8) is 0 Å². The number of urea groups is 1. The van der Waals surface area contributed by atoms with E-state index in [1.807, 2.05) is 105 Å². The maximum absolute atomic E-state index is 15.3. The summed E-state index contributed by atoms with van der Waals surface area (Å²) in [5.41, 5.74) is 5.76. The van der Waals surface area contributed by atoms with Gasteiger partial charge in [0.05, 0.1) is 6.04 Å². The van der Waals surface area contributed by atoms with Gasteiger partial charge in [-0.15, -0.1) is 0 Å². The second-order valence-corrected chi connectivity index (χ2v) is 14.3. The minimum Gasteiger partial charge on any atom is -0.306 e. The Labute approximate surface area is 283 Å². The predicted molar refractivity (Wildman–Crippen MR) is 191 cm³/mol. The first-order valence-electron chi connectivity index (χ1n) is 16.8. The lowest BCUT2D eigenvalue weighted by Gasteiger charge is -2.39. The van der Waals surface area contributed by atoms with Crippen LogP contribution < -0.4 is 0 Å². The van der Waals surface area contributed by atoms with Gasteiger partial charge in [-0.1, -0.05) is 133 Å². The molecule has 1 atom stereocenters. The molecule has 5 nitrogen and oxygen atoms in total. The first-order chi connectivity index (χ1) is 22.8. The van der Waals surface area contributed by atoms with Gasteiger partial charge in [-0.05, 0) is 67.9 Å². The number of imide groups is 1. The molecule has 0 radical (unpaired) electrons. The van der Waals surface area contributed by atoms with Crippen LogP contribution in [0.15, 0.2) is 103 Å². The second kappa shape index (κ2) is 14.3. The third-order valence-electron chi connectivity index (χ3n) is 9.83. The number of carbonyl (C=O) groups excluding carboxylic acids is 3. The summed E-state index contributed by atoms with van der Waals surface area (Å²) >= 11 is 1.22. The van der Waals surface area contributed by atoms with E-state index in [1.165, 1.54) is 11.8 Å². The molecule has 1 aliphatic heterocycles. The maximum Gasteiger partial charge on any atom is 0.328 e. The molecule has 4 aromatic carbocycles. The largest absolute Gasteiger partial charge is 0.328 e. The van der Waals surface area contributed by atoms with E-state index in [1.54, 1.807) is 4.90 Å². The van der Waals surface area contributed by atoms with Crippen LogP contribution in [0.4, 0.5) is 4.79 Å². The standard InChI is InChI=1S/C41H44N2O3S/c1-29-23-30(2)37(31(3)24-29)38(44)47-28-36(25-32-15-7-4-8-16-32)42-39(45)41(26-33-17-9-5-10-18-33,27-34-19-11-6-12-20-34)43(40(42)46)35-21-13-14-22-35/h4-12,15-20,23-24,35-36H,13-14,21-22,25-28H2,1-3H3. The van der Waals surface area contributed by atoms with E-state index in [0.29, 0.717) is 30.6 Å². The van der Waals surface area contributed by atoms with Crippen LogP contribution in [0.3, 0.4) is 0 Å². The summed E-state index contributed by atoms with van der Waals surface area (Å²) in [6.45, 7) is 5.99. The molecule has 1 unspecified atom stereocenters. The van der Waals surface area contributed by atoms with Crippen LogP contribution in [0.5, 0.6) is 0 Å². The third-order valence-corrected chi connectivity index (χ3v) is 10.8. The van der Waals surface area contributed by atoms with Crippen LogP contribution >= 0.6 is 11.8 Å². The molecular formula is C41H44N2O3S. The number of hydrogen-bond donors (Lipinski definition) is 0. The zero-order valence-electron chi connectivity index (χ0n) is 27.7. The maximum atomic E-state index is 15.3. The Morgan fingerprint density at radius 3 is 1.77 bits per heavy atom. The highest BCUT2D eigenvalue weighted by molar-refractivity contribution is 8.14. The van der Waals surface area contributed by atoms with E-state index in [2.05, 4.69) is 24.3 Å². The SMILES string of the molecule is Cc1cc(C)c(C(=O)SCC(Cc2ccccc2)N2C(=O)N(C3CCCC3)C(Cc3ccccc3)(Cc3ccccc3)C2=O)c(C)c1. The molecule has 2 fully saturated rings. The topological polar surface area (TPSA) is 57.7 Å². The van der Waals surface area contributed by atoms with Gasteiger partial charge in [-0.2, -0.15) is 0 Å². The van der Waals surface area contributed by atoms with E-state index in [9.17, 15) is 9.59 Å². The zero-order chi connectivity index (χ0) is 33.0. The molecule has 0 bridgehead atoms. The second-order valence-electron chi connectivity index (χ2n) is 13.3. The third kappa shape index (κ3) is 6.94. The van der Waals surface area contributed by atoms with Gasteiger partial charge in [0, 0.05) is 30.2 Å². The van der Waals surface area contributed by atoms with Gasteiger partial charge in [-0.3, -0.25) is 14.5 Å². The number of nitrogens with zero attached hydrogens (tertiary/aromatic N) is 2. The first-order valence-corrected chi connectivity index (χ1v) is 17.8. The van der Waals surface area contributed by atoms with Crippen molar-refractivity contribution < 1.29 is 14.4 Å². The van der Waals surface area contributed by atoms with Gasteiger partial charge in [0.1, 0.15) is 5.54 Å². The predicted octanol–water partition coefficient (Wildman–Crippen LogP) is 8.53. The lowest BCUT2D eigenvalue weighted by molar-refractivity contribution is -0.135. The molecule has 3 amide bonds.